The molecule has 1 aromatic heterocycles. The van der Waals surface area contributed by atoms with Crippen LogP contribution < -0.4 is 10.3 Å². The number of para-hydroxylation sites is 1. The summed E-state index contributed by atoms with van der Waals surface area (Å²) in [5.41, 5.74) is 4.36. The number of carbonyl (C=O) groups excluding carboxylic acids is 1. The maximum absolute atomic E-state index is 12.2. The molecule has 0 aliphatic heterocycles. The van der Waals surface area contributed by atoms with Gasteiger partial charge in [-0.1, -0.05) is 35.9 Å². The van der Waals surface area contributed by atoms with Gasteiger partial charge in [-0.2, -0.15) is 0 Å². The maximum Gasteiger partial charge on any atom is 0.268 e. The minimum atomic E-state index is -3.81. The monoisotopic (exact) mass is 329 g/mol. The summed E-state index contributed by atoms with van der Waals surface area (Å²) in [6.45, 7) is 1.86. The van der Waals surface area contributed by atoms with E-state index in [0.29, 0.717) is 5.56 Å². The van der Waals surface area contributed by atoms with Crippen LogP contribution in [0.4, 0.5) is 0 Å². The summed E-state index contributed by atoms with van der Waals surface area (Å²) >= 11 is 0. The van der Waals surface area contributed by atoms with E-state index in [1.165, 1.54) is 12.1 Å². The van der Waals surface area contributed by atoms with Gasteiger partial charge in [0.1, 0.15) is 0 Å². The second-order valence-electron chi connectivity index (χ2n) is 5.12. The van der Waals surface area contributed by atoms with E-state index in [0.717, 1.165) is 16.5 Å². The van der Waals surface area contributed by atoms with E-state index in [4.69, 9.17) is 0 Å². The van der Waals surface area contributed by atoms with Gasteiger partial charge in [-0.05, 0) is 25.1 Å². The molecular weight excluding hydrogens is 314 g/mol. The number of aryl methyl sites for hydroxylation is 1. The quantitative estimate of drug-likeness (QED) is 0.640. The highest BCUT2D eigenvalue weighted by atomic mass is 32.2. The largest absolute Gasteiger partial charge is 0.360 e. The average Bonchev–Trinajstić information content (AvgIpc) is 2.97. The molecule has 3 N–H and O–H groups in total. The highest BCUT2D eigenvalue weighted by molar-refractivity contribution is 7.89. The molecule has 0 unspecified atom stereocenters. The number of aromatic amines is 1. The summed E-state index contributed by atoms with van der Waals surface area (Å²) in [4.78, 5) is 17.4. The minimum absolute atomic E-state index is 0.0855. The highest BCUT2D eigenvalue weighted by Crippen LogP contribution is 2.17. The Balaban J connectivity index is 1.77. The van der Waals surface area contributed by atoms with Crippen LogP contribution in [-0.2, 0) is 10.0 Å². The van der Waals surface area contributed by atoms with Crippen molar-refractivity contribution in [3.63, 3.8) is 0 Å². The van der Waals surface area contributed by atoms with E-state index < -0.39 is 15.9 Å². The summed E-state index contributed by atoms with van der Waals surface area (Å²) in [7, 11) is -3.81. The number of H-pyrrole nitrogens is 1. The molecule has 1 heterocycles. The Labute approximate surface area is 133 Å². The number of hydrogen-bond acceptors (Lipinski definition) is 3. The number of sulfonamides is 1. The number of nitrogens with one attached hydrogen (secondary N) is 3. The normalized spacial score (nSPS) is 11.5. The summed E-state index contributed by atoms with van der Waals surface area (Å²) in [5.74, 6) is -0.530. The van der Waals surface area contributed by atoms with Crippen molar-refractivity contribution >= 4 is 26.8 Å². The SMILES string of the molecule is Cc1ccc(S(=O)(=O)NNC(=O)c2c[nH]c3ccccc23)cc1. The van der Waals surface area contributed by atoms with Crippen molar-refractivity contribution in [1.29, 1.82) is 0 Å². The molecule has 6 nitrogen and oxygen atoms in total. The maximum atomic E-state index is 12.2. The summed E-state index contributed by atoms with van der Waals surface area (Å²) in [6.07, 6.45) is 1.54. The Morgan fingerprint density at radius 1 is 1.04 bits per heavy atom. The Morgan fingerprint density at radius 3 is 2.48 bits per heavy atom. The fraction of sp³-hybridized carbons (Fsp3) is 0.0625. The van der Waals surface area contributed by atoms with E-state index in [-0.39, 0.29) is 4.90 Å². The molecule has 0 saturated heterocycles. The Hall–Kier alpha value is -2.64. The topological polar surface area (TPSA) is 91.1 Å². The zero-order valence-electron chi connectivity index (χ0n) is 12.3. The number of rotatable bonds is 4. The lowest BCUT2D eigenvalue weighted by Gasteiger charge is -2.08. The van der Waals surface area contributed by atoms with Crippen LogP contribution in [0.3, 0.4) is 0 Å². The van der Waals surface area contributed by atoms with Crippen molar-refractivity contribution in [3.05, 3.63) is 65.9 Å². The van der Waals surface area contributed by atoms with Crippen molar-refractivity contribution in [2.45, 2.75) is 11.8 Å². The lowest BCUT2D eigenvalue weighted by molar-refractivity contribution is 0.0947. The van der Waals surface area contributed by atoms with Crippen LogP contribution in [0.15, 0.2) is 59.6 Å². The predicted molar refractivity (Wildman–Crippen MR) is 87.3 cm³/mol. The van der Waals surface area contributed by atoms with Crippen LogP contribution in [0, 0.1) is 6.92 Å². The number of fused-ring (bicyclic) bond motifs is 1. The smallest absolute Gasteiger partial charge is 0.268 e. The Morgan fingerprint density at radius 2 is 1.74 bits per heavy atom. The molecule has 118 valence electrons. The first-order chi connectivity index (χ1) is 11.0. The van der Waals surface area contributed by atoms with Crippen molar-refractivity contribution in [3.8, 4) is 0 Å². The van der Waals surface area contributed by atoms with Crippen molar-refractivity contribution in [1.82, 2.24) is 15.2 Å². The van der Waals surface area contributed by atoms with Gasteiger partial charge >= 0.3 is 0 Å². The van der Waals surface area contributed by atoms with Crippen molar-refractivity contribution in [2.75, 3.05) is 0 Å². The third-order valence-electron chi connectivity index (χ3n) is 3.46. The van der Waals surface area contributed by atoms with Gasteiger partial charge < -0.3 is 4.98 Å². The van der Waals surface area contributed by atoms with Crippen LogP contribution >= 0.6 is 0 Å². The number of benzene rings is 2. The molecule has 0 aliphatic carbocycles. The molecule has 0 aliphatic rings. The highest BCUT2D eigenvalue weighted by Gasteiger charge is 2.17. The average molecular weight is 329 g/mol. The minimum Gasteiger partial charge on any atom is -0.360 e. The zero-order valence-corrected chi connectivity index (χ0v) is 13.1. The van der Waals surface area contributed by atoms with Crippen LogP contribution in [-0.4, -0.2) is 19.3 Å². The molecule has 3 rings (SSSR count). The molecule has 7 heteroatoms. The molecule has 0 radical (unpaired) electrons. The lowest BCUT2D eigenvalue weighted by Crippen LogP contribution is -2.41. The molecule has 1 amide bonds. The Kier molecular flexibility index (Phi) is 3.89. The number of hydrazine groups is 1. The standard InChI is InChI=1S/C16H15N3O3S/c1-11-6-8-12(9-7-11)23(21,22)19-18-16(20)14-10-17-15-5-3-2-4-13(14)15/h2-10,17,19H,1H3,(H,18,20). The van der Waals surface area contributed by atoms with E-state index in [9.17, 15) is 13.2 Å². The van der Waals surface area contributed by atoms with Gasteiger partial charge in [0.25, 0.3) is 15.9 Å². The molecule has 23 heavy (non-hydrogen) atoms. The predicted octanol–water partition coefficient (Wildman–Crippen LogP) is 2.10. The first-order valence-electron chi connectivity index (χ1n) is 6.92. The molecule has 3 aromatic rings. The van der Waals surface area contributed by atoms with Crippen LogP contribution in [0.1, 0.15) is 15.9 Å². The number of amides is 1. The van der Waals surface area contributed by atoms with E-state index in [1.807, 2.05) is 25.1 Å². The number of carbonyl (C=O) groups is 1. The van der Waals surface area contributed by atoms with Crippen molar-refractivity contribution in [2.24, 2.45) is 0 Å². The van der Waals surface area contributed by atoms with Crippen molar-refractivity contribution < 1.29 is 13.2 Å². The summed E-state index contributed by atoms with van der Waals surface area (Å²) in [5, 5.41) is 0.722. The van der Waals surface area contributed by atoms with E-state index in [1.54, 1.807) is 24.4 Å². The number of aromatic nitrogens is 1. The van der Waals surface area contributed by atoms with Gasteiger partial charge in [-0.3, -0.25) is 10.2 Å². The first-order valence-corrected chi connectivity index (χ1v) is 8.40. The van der Waals surface area contributed by atoms with Gasteiger partial charge in [0.2, 0.25) is 0 Å². The summed E-state index contributed by atoms with van der Waals surface area (Å²) < 4.78 is 24.3. The fourth-order valence-corrected chi connectivity index (χ4v) is 3.06. The van der Waals surface area contributed by atoms with Gasteiger partial charge in [0, 0.05) is 17.1 Å². The second kappa shape index (κ2) is 5.86. The third-order valence-corrected chi connectivity index (χ3v) is 4.73. The van der Waals surface area contributed by atoms with Crippen LogP contribution in [0.2, 0.25) is 0 Å². The zero-order chi connectivity index (χ0) is 16.4. The molecule has 0 atom stereocenters. The number of hydrogen-bond donors (Lipinski definition) is 3. The first kappa shape index (κ1) is 15.3. The van der Waals surface area contributed by atoms with Gasteiger partial charge in [-0.15, -0.1) is 4.83 Å². The Bertz CT molecular complexity index is 960. The van der Waals surface area contributed by atoms with Gasteiger partial charge in [0.05, 0.1) is 10.5 Å². The molecule has 2 aromatic carbocycles. The van der Waals surface area contributed by atoms with Gasteiger partial charge in [-0.25, -0.2) is 8.42 Å². The third kappa shape index (κ3) is 3.10. The molecule has 0 fully saturated rings. The van der Waals surface area contributed by atoms with E-state index in [2.05, 4.69) is 15.2 Å². The van der Waals surface area contributed by atoms with Crippen LogP contribution in [0.25, 0.3) is 10.9 Å². The molecule has 0 saturated carbocycles. The van der Waals surface area contributed by atoms with E-state index >= 15 is 0 Å². The van der Waals surface area contributed by atoms with Crippen LogP contribution in [0.5, 0.6) is 0 Å². The second-order valence-corrected chi connectivity index (χ2v) is 6.80. The molecule has 0 bridgehead atoms. The molecule has 0 spiro atoms. The fourth-order valence-electron chi connectivity index (χ4n) is 2.22. The lowest BCUT2D eigenvalue weighted by atomic mass is 10.2. The molecular formula is C16H15N3O3S. The summed E-state index contributed by atoms with van der Waals surface area (Å²) in [6, 6.07) is 13.6. The van der Waals surface area contributed by atoms with Gasteiger partial charge in [0.15, 0.2) is 0 Å².